The maximum Gasteiger partial charge on any atom is 0.0991 e. The molecule has 1 N–H and O–H groups in total. The zero-order chi connectivity index (χ0) is 15.3. The van der Waals surface area contributed by atoms with Crippen LogP contribution < -0.4 is 0 Å². The van der Waals surface area contributed by atoms with Crippen molar-refractivity contribution in [3.63, 3.8) is 0 Å². The van der Waals surface area contributed by atoms with Gasteiger partial charge in [-0.05, 0) is 51.2 Å². The Hall–Kier alpha value is -1.41. The molecule has 0 aromatic heterocycles. The van der Waals surface area contributed by atoms with E-state index in [0.29, 0.717) is 5.56 Å². The zero-order valence-corrected chi connectivity index (χ0v) is 13.0. The Kier molecular flexibility index (Phi) is 5.35. The fourth-order valence-corrected chi connectivity index (χ4v) is 3.42. The van der Waals surface area contributed by atoms with Crippen molar-refractivity contribution in [2.75, 3.05) is 40.3 Å². The summed E-state index contributed by atoms with van der Waals surface area (Å²) in [5.41, 5.74) is 1.87. The Labute approximate surface area is 127 Å². The van der Waals surface area contributed by atoms with Gasteiger partial charge in [0.15, 0.2) is 0 Å². The topological polar surface area (TPSA) is 50.5 Å². The molecule has 0 saturated carbocycles. The first kappa shape index (κ1) is 16.0. The average molecular weight is 287 g/mol. The largest absolute Gasteiger partial charge is 0.396 e. The predicted molar refractivity (Wildman–Crippen MR) is 83.7 cm³/mol. The molecule has 0 aliphatic carbocycles. The normalized spacial score (nSPS) is 23.2. The highest BCUT2D eigenvalue weighted by molar-refractivity contribution is 5.32. The van der Waals surface area contributed by atoms with Gasteiger partial charge < -0.3 is 10.0 Å². The lowest BCUT2D eigenvalue weighted by molar-refractivity contribution is 0.0105. The van der Waals surface area contributed by atoms with Crippen molar-refractivity contribution in [1.82, 2.24) is 9.80 Å². The number of nitriles is 1. The first-order chi connectivity index (χ1) is 10.1. The van der Waals surface area contributed by atoms with Crippen LogP contribution in [0.1, 0.15) is 24.0 Å². The SMILES string of the molecule is CN(C)C[C@]1(CO)CCCN(Cc2cccc(C#N)c2)C1. The van der Waals surface area contributed by atoms with E-state index >= 15 is 0 Å². The molecule has 1 aliphatic rings. The van der Waals surface area contributed by atoms with E-state index in [1.165, 1.54) is 5.56 Å². The molecule has 4 nitrogen and oxygen atoms in total. The second-order valence-electron chi connectivity index (χ2n) is 6.52. The molecule has 1 heterocycles. The molecule has 0 amide bonds. The molecule has 1 aromatic carbocycles. The summed E-state index contributed by atoms with van der Waals surface area (Å²) in [5.74, 6) is 0. The smallest absolute Gasteiger partial charge is 0.0991 e. The van der Waals surface area contributed by atoms with Crippen molar-refractivity contribution >= 4 is 0 Å². The van der Waals surface area contributed by atoms with Crippen molar-refractivity contribution < 1.29 is 5.11 Å². The molecule has 1 fully saturated rings. The molecule has 21 heavy (non-hydrogen) atoms. The summed E-state index contributed by atoms with van der Waals surface area (Å²) in [6.45, 7) is 3.98. The Bertz CT molecular complexity index is 509. The number of hydrogen-bond acceptors (Lipinski definition) is 4. The van der Waals surface area contributed by atoms with Gasteiger partial charge in [-0.2, -0.15) is 5.26 Å². The van der Waals surface area contributed by atoms with Crippen LogP contribution in [-0.2, 0) is 6.54 Å². The number of aliphatic hydroxyl groups is 1. The molecule has 2 rings (SSSR count). The second kappa shape index (κ2) is 7.04. The molecule has 4 heteroatoms. The molecule has 1 saturated heterocycles. The van der Waals surface area contributed by atoms with Gasteiger partial charge in [0.2, 0.25) is 0 Å². The van der Waals surface area contributed by atoms with E-state index in [9.17, 15) is 5.11 Å². The van der Waals surface area contributed by atoms with Crippen LogP contribution in [0.2, 0.25) is 0 Å². The van der Waals surface area contributed by atoms with Gasteiger partial charge in [-0.1, -0.05) is 12.1 Å². The molecule has 1 aliphatic heterocycles. The van der Waals surface area contributed by atoms with Crippen LogP contribution in [0.25, 0.3) is 0 Å². The van der Waals surface area contributed by atoms with Gasteiger partial charge in [-0.3, -0.25) is 4.90 Å². The number of piperidine rings is 1. The van der Waals surface area contributed by atoms with Crippen molar-refractivity contribution in [3.05, 3.63) is 35.4 Å². The average Bonchev–Trinajstić information content (AvgIpc) is 2.47. The van der Waals surface area contributed by atoms with Crippen LogP contribution in [0, 0.1) is 16.7 Å². The number of benzene rings is 1. The minimum Gasteiger partial charge on any atom is -0.396 e. The fourth-order valence-electron chi connectivity index (χ4n) is 3.42. The van der Waals surface area contributed by atoms with Crippen LogP contribution in [-0.4, -0.2) is 55.2 Å². The monoisotopic (exact) mass is 287 g/mol. The maximum atomic E-state index is 9.86. The Balaban J connectivity index is 2.05. The van der Waals surface area contributed by atoms with Crippen LogP contribution in [0.5, 0.6) is 0 Å². The van der Waals surface area contributed by atoms with Gasteiger partial charge in [0.05, 0.1) is 18.2 Å². The third-order valence-corrected chi connectivity index (χ3v) is 4.19. The van der Waals surface area contributed by atoms with Crippen molar-refractivity contribution in [3.8, 4) is 6.07 Å². The number of nitrogens with zero attached hydrogens (tertiary/aromatic N) is 3. The van der Waals surface area contributed by atoms with E-state index in [4.69, 9.17) is 5.26 Å². The predicted octanol–water partition coefficient (Wildman–Crippen LogP) is 1.69. The fraction of sp³-hybridized carbons (Fsp3) is 0.588. The lowest BCUT2D eigenvalue weighted by atomic mass is 9.80. The van der Waals surface area contributed by atoms with Crippen molar-refractivity contribution in [2.24, 2.45) is 5.41 Å². The van der Waals surface area contributed by atoms with Gasteiger partial charge in [-0.25, -0.2) is 0 Å². The van der Waals surface area contributed by atoms with Crippen molar-refractivity contribution in [2.45, 2.75) is 19.4 Å². The molecule has 0 unspecified atom stereocenters. The molecule has 0 bridgehead atoms. The Morgan fingerprint density at radius 2 is 2.24 bits per heavy atom. The highest BCUT2D eigenvalue weighted by Gasteiger charge is 2.35. The highest BCUT2D eigenvalue weighted by atomic mass is 16.3. The lowest BCUT2D eigenvalue weighted by Gasteiger charge is -2.43. The van der Waals surface area contributed by atoms with E-state index in [1.54, 1.807) is 0 Å². The summed E-state index contributed by atoms with van der Waals surface area (Å²) < 4.78 is 0. The summed E-state index contributed by atoms with van der Waals surface area (Å²) in [5, 5.41) is 18.8. The Morgan fingerprint density at radius 3 is 2.90 bits per heavy atom. The second-order valence-corrected chi connectivity index (χ2v) is 6.52. The van der Waals surface area contributed by atoms with E-state index in [-0.39, 0.29) is 12.0 Å². The minimum atomic E-state index is -0.0193. The molecule has 114 valence electrons. The number of likely N-dealkylation sites (tertiary alicyclic amines) is 1. The summed E-state index contributed by atoms with van der Waals surface area (Å²) in [6, 6.07) is 10.0. The molecule has 0 spiro atoms. The summed E-state index contributed by atoms with van der Waals surface area (Å²) in [7, 11) is 4.12. The van der Waals surface area contributed by atoms with Gasteiger partial charge in [-0.15, -0.1) is 0 Å². The third kappa shape index (κ3) is 4.28. The van der Waals surface area contributed by atoms with Crippen LogP contribution in [0.3, 0.4) is 0 Å². The number of rotatable bonds is 5. The molecular formula is C17H25N3O. The molecular weight excluding hydrogens is 262 g/mol. The van der Waals surface area contributed by atoms with E-state index in [2.05, 4.69) is 36.0 Å². The summed E-state index contributed by atoms with van der Waals surface area (Å²) in [6.07, 6.45) is 2.20. The summed E-state index contributed by atoms with van der Waals surface area (Å²) >= 11 is 0. The van der Waals surface area contributed by atoms with Gasteiger partial charge >= 0.3 is 0 Å². The van der Waals surface area contributed by atoms with Crippen LogP contribution in [0.4, 0.5) is 0 Å². The first-order valence-electron chi connectivity index (χ1n) is 7.54. The van der Waals surface area contributed by atoms with E-state index < -0.39 is 0 Å². The lowest BCUT2D eigenvalue weighted by Crippen LogP contribution is -2.49. The maximum absolute atomic E-state index is 9.86. The molecule has 0 radical (unpaired) electrons. The van der Waals surface area contributed by atoms with Crippen LogP contribution in [0.15, 0.2) is 24.3 Å². The third-order valence-electron chi connectivity index (χ3n) is 4.19. The number of aliphatic hydroxyl groups excluding tert-OH is 1. The zero-order valence-electron chi connectivity index (χ0n) is 13.0. The van der Waals surface area contributed by atoms with Gasteiger partial charge in [0, 0.05) is 25.0 Å². The summed E-state index contributed by atoms with van der Waals surface area (Å²) in [4.78, 5) is 4.57. The van der Waals surface area contributed by atoms with E-state index in [1.807, 2.05) is 18.2 Å². The Morgan fingerprint density at radius 1 is 1.43 bits per heavy atom. The number of hydrogen-bond donors (Lipinski definition) is 1. The van der Waals surface area contributed by atoms with Crippen LogP contribution >= 0.6 is 0 Å². The molecule has 1 atom stereocenters. The van der Waals surface area contributed by atoms with E-state index in [0.717, 1.165) is 39.0 Å². The quantitative estimate of drug-likeness (QED) is 0.895. The van der Waals surface area contributed by atoms with Gasteiger partial charge in [0.25, 0.3) is 0 Å². The first-order valence-corrected chi connectivity index (χ1v) is 7.54. The highest BCUT2D eigenvalue weighted by Crippen LogP contribution is 2.31. The molecule has 1 aromatic rings. The van der Waals surface area contributed by atoms with Gasteiger partial charge in [0.1, 0.15) is 0 Å². The standard InChI is InChI=1S/C17H25N3O/c1-19(2)12-17(14-21)7-4-8-20(13-17)11-16-6-3-5-15(9-16)10-18/h3,5-6,9,21H,4,7-8,11-14H2,1-2H3/t17-/m1/s1. The van der Waals surface area contributed by atoms with Crippen molar-refractivity contribution in [1.29, 1.82) is 5.26 Å². The minimum absolute atomic E-state index is 0.0193.